The Morgan fingerprint density at radius 3 is 2.33 bits per heavy atom. The van der Waals surface area contributed by atoms with E-state index >= 15 is 0 Å². The number of carboxylic acids is 1. The molecule has 134 valence electrons. The van der Waals surface area contributed by atoms with Crippen LogP contribution < -0.4 is 10.6 Å². The van der Waals surface area contributed by atoms with Gasteiger partial charge in [0.05, 0.1) is 5.56 Å². The van der Waals surface area contributed by atoms with Gasteiger partial charge in [-0.25, -0.2) is 4.79 Å². The number of amides is 2. The SMILES string of the molecule is CCc1c(C)sc(NC(=O)CCCNC(=O)C(C)(C)C)c1C(=O)O. The maximum absolute atomic E-state index is 12.0. The summed E-state index contributed by atoms with van der Waals surface area (Å²) in [6, 6.07) is 0. The van der Waals surface area contributed by atoms with Gasteiger partial charge in [-0.2, -0.15) is 0 Å². The molecule has 0 aliphatic rings. The van der Waals surface area contributed by atoms with Gasteiger partial charge in [-0.05, 0) is 25.3 Å². The fraction of sp³-hybridized carbons (Fsp3) is 0.588. The molecule has 0 fully saturated rings. The van der Waals surface area contributed by atoms with Crippen LogP contribution in [0.1, 0.15) is 61.3 Å². The zero-order valence-corrected chi connectivity index (χ0v) is 15.7. The molecule has 0 bridgehead atoms. The van der Waals surface area contributed by atoms with E-state index in [-0.39, 0.29) is 23.8 Å². The number of hydrogen-bond acceptors (Lipinski definition) is 4. The Balaban J connectivity index is 2.58. The molecule has 1 heterocycles. The molecule has 3 N–H and O–H groups in total. The predicted molar refractivity (Wildman–Crippen MR) is 95.7 cm³/mol. The molecule has 0 unspecified atom stereocenters. The van der Waals surface area contributed by atoms with Crippen LogP contribution in [-0.2, 0) is 16.0 Å². The Hall–Kier alpha value is -1.89. The first-order chi connectivity index (χ1) is 11.1. The lowest BCUT2D eigenvalue weighted by atomic mass is 9.96. The summed E-state index contributed by atoms with van der Waals surface area (Å²) in [6.07, 6.45) is 1.33. The lowest BCUT2D eigenvalue weighted by molar-refractivity contribution is -0.128. The van der Waals surface area contributed by atoms with E-state index in [1.54, 1.807) is 0 Å². The number of carbonyl (C=O) groups excluding carboxylic acids is 2. The summed E-state index contributed by atoms with van der Waals surface area (Å²) >= 11 is 1.29. The van der Waals surface area contributed by atoms with Gasteiger partial charge in [-0.1, -0.05) is 27.7 Å². The van der Waals surface area contributed by atoms with Crippen molar-refractivity contribution >= 4 is 34.1 Å². The van der Waals surface area contributed by atoms with Crippen molar-refractivity contribution in [2.45, 2.75) is 53.9 Å². The molecule has 0 saturated carbocycles. The molecule has 24 heavy (non-hydrogen) atoms. The van der Waals surface area contributed by atoms with E-state index in [0.29, 0.717) is 24.4 Å². The third-order valence-corrected chi connectivity index (χ3v) is 4.64. The van der Waals surface area contributed by atoms with Gasteiger partial charge < -0.3 is 15.7 Å². The average molecular weight is 354 g/mol. The number of thiophene rings is 1. The quantitative estimate of drug-likeness (QED) is 0.655. The number of aromatic carboxylic acids is 1. The minimum atomic E-state index is -1.02. The maximum atomic E-state index is 12.0. The Bertz CT molecular complexity index is 629. The van der Waals surface area contributed by atoms with Gasteiger partial charge in [-0.3, -0.25) is 9.59 Å². The van der Waals surface area contributed by atoms with E-state index < -0.39 is 11.4 Å². The Morgan fingerprint density at radius 1 is 1.21 bits per heavy atom. The van der Waals surface area contributed by atoms with Crippen molar-refractivity contribution in [1.29, 1.82) is 0 Å². The second-order valence-electron chi connectivity index (χ2n) is 6.66. The van der Waals surface area contributed by atoms with Crippen LogP contribution in [0.15, 0.2) is 0 Å². The zero-order valence-electron chi connectivity index (χ0n) is 14.9. The summed E-state index contributed by atoms with van der Waals surface area (Å²) < 4.78 is 0. The van der Waals surface area contributed by atoms with Gasteiger partial charge in [0.25, 0.3) is 0 Å². The van der Waals surface area contributed by atoms with Crippen molar-refractivity contribution in [3.63, 3.8) is 0 Å². The molecule has 0 atom stereocenters. The van der Waals surface area contributed by atoms with E-state index in [1.165, 1.54) is 11.3 Å². The molecule has 2 amide bonds. The van der Waals surface area contributed by atoms with Gasteiger partial charge in [0, 0.05) is 23.3 Å². The number of aryl methyl sites for hydroxylation is 1. The highest BCUT2D eigenvalue weighted by Crippen LogP contribution is 2.33. The van der Waals surface area contributed by atoms with Crippen molar-refractivity contribution in [2.75, 3.05) is 11.9 Å². The summed E-state index contributed by atoms with van der Waals surface area (Å²) in [4.78, 5) is 36.1. The largest absolute Gasteiger partial charge is 0.478 e. The Labute approximate surface area is 146 Å². The first-order valence-corrected chi connectivity index (χ1v) is 8.83. The molecule has 7 heteroatoms. The fourth-order valence-electron chi connectivity index (χ4n) is 2.22. The van der Waals surface area contributed by atoms with Crippen molar-refractivity contribution < 1.29 is 19.5 Å². The third kappa shape index (κ3) is 5.33. The van der Waals surface area contributed by atoms with Gasteiger partial charge >= 0.3 is 5.97 Å². The van der Waals surface area contributed by atoms with Crippen LogP contribution in [0.3, 0.4) is 0 Å². The molecule has 0 aromatic carbocycles. The minimum Gasteiger partial charge on any atom is -0.478 e. The monoisotopic (exact) mass is 354 g/mol. The number of hydrogen-bond donors (Lipinski definition) is 3. The van der Waals surface area contributed by atoms with E-state index in [0.717, 1.165) is 10.4 Å². The van der Waals surface area contributed by atoms with Gasteiger partial charge in [-0.15, -0.1) is 11.3 Å². The van der Waals surface area contributed by atoms with Crippen LogP contribution >= 0.6 is 11.3 Å². The maximum Gasteiger partial charge on any atom is 0.339 e. The van der Waals surface area contributed by atoms with Crippen LogP contribution in [0.5, 0.6) is 0 Å². The van der Waals surface area contributed by atoms with Gasteiger partial charge in [0.2, 0.25) is 11.8 Å². The van der Waals surface area contributed by atoms with Crippen LogP contribution in [0.4, 0.5) is 5.00 Å². The summed E-state index contributed by atoms with van der Waals surface area (Å²) in [6.45, 7) is 9.64. The lowest BCUT2D eigenvalue weighted by Gasteiger charge is -2.17. The number of nitrogens with one attached hydrogen (secondary N) is 2. The van der Waals surface area contributed by atoms with Crippen LogP contribution in [0.25, 0.3) is 0 Å². The molecular weight excluding hydrogens is 328 g/mol. The van der Waals surface area contributed by atoms with E-state index in [9.17, 15) is 19.5 Å². The second-order valence-corrected chi connectivity index (χ2v) is 7.88. The van der Waals surface area contributed by atoms with Gasteiger partial charge in [0.1, 0.15) is 5.00 Å². The third-order valence-electron chi connectivity index (χ3n) is 3.58. The van der Waals surface area contributed by atoms with Crippen molar-refractivity contribution in [1.82, 2.24) is 5.32 Å². The fourth-order valence-corrected chi connectivity index (χ4v) is 3.38. The molecule has 1 rings (SSSR count). The summed E-state index contributed by atoms with van der Waals surface area (Å²) in [5.74, 6) is -1.33. The molecular formula is C17H26N2O4S. The normalized spacial score (nSPS) is 11.2. The zero-order chi connectivity index (χ0) is 18.5. The van der Waals surface area contributed by atoms with E-state index in [2.05, 4.69) is 10.6 Å². The minimum absolute atomic E-state index is 0.0578. The number of rotatable bonds is 7. The van der Waals surface area contributed by atoms with Crippen molar-refractivity contribution in [3.05, 3.63) is 16.0 Å². The van der Waals surface area contributed by atoms with E-state index in [4.69, 9.17) is 0 Å². The topological polar surface area (TPSA) is 95.5 Å². The Morgan fingerprint density at radius 2 is 1.83 bits per heavy atom. The second kappa shape index (κ2) is 8.28. The molecule has 1 aromatic rings. The summed E-state index contributed by atoms with van der Waals surface area (Å²) in [5.41, 5.74) is 0.499. The first-order valence-electron chi connectivity index (χ1n) is 8.01. The summed E-state index contributed by atoms with van der Waals surface area (Å²) in [7, 11) is 0. The highest BCUT2D eigenvalue weighted by atomic mass is 32.1. The Kier molecular flexibility index (Phi) is 6.95. The lowest BCUT2D eigenvalue weighted by Crippen LogP contribution is -2.35. The smallest absolute Gasteiger partial charge is 0.339 e. The molecule has 0 aliphatic carbocycles. The van der Waals surface area contributed by atoms with Crippen molar-refractivity contribution in [3.8, 4) is 0 Å². The van der Waals surface area contributed by atoms with Crippen LogP contribution in [0.2, 0.25) is 0 Å². The first kappa shape index (κ1) is 20.2. The molecule has 0 saturated heterocycles. The van der Waals surface area contributed by atoms with Gasteiger partial charge in [0.15, 0.2) is 0 Å². The van der Waals surface area contributed by atoms with Crippen LogP contribution in [0, 0.1) is 12.3 Å². The number of carbonyl (C=O) groups is 3. The molecule has 6 nitrogen and oxygen atoms in total. The summed E-state index contributed by atoms with van der Waals surface area (Å²) in [5, 5.41) is 15.2. The molecule has 0 radical (unpaired) electrons. The molecule has 1 aromatic heterocycles. The highest BCUT2D eigenvalue weighted by Gasteiger charge is 2.22. The highest BCUT2D eigenvalue weighted by molar-refractivity contribution is 7.16. The van der Waals surface area contributed by atoms with Crippen LogP contribution in [-0.4, -0.2) is 29.4 Å². The molecule has 0 spiro atoms. The standard InChI is InChI=1S/C17H26N2O4S/c1-6-11-10(2)24-14(13(11)15(21)22)19-12(20)8-7-9-18-16(23)17(3,4)5/h6-9H2,1-5H3,(H,18,23)(H,19,20)(H,21,22). The predicted octanol–water partition coefficient (Wildman–Crippen LogP) is 3.20. The molecule has 0 aliphatic heterocycles. The number of carboxylic acid groups (broad SMARTS) is 1. The van der Waals surface area contributed by atoms with E-state index in [1.807, 2.05) is 34.6 Å². The van der Waals surface area contributed by atoms with Crippen molar-refractivity contribution in [2.24, 2.45) is 5.41 Å². The number of anilines is 1. The average Bonchev–Trinajstić information content (AvgIpc) is 2.77.